The highest BCUT2D eigenvalue weighted by molar-refractivity contribution is 5.74. The molecular weight excluding hydrogens is 276 g/mol. The Morgan fingerprint density at radius 3 is 2.64 bits per heavy atom. The van der Waals surface area contributed by atoms with Crippen LogP contribution in [-0.2, 0) is 11.8 Å². The fourth-order valence-electron chi connectivity index (χ4n) is 3.49. The lowest BCUT2D eigenvalue weighted by Crippen LogP contribution is -2.46. The van der Waals surface area contributed by atoms with Crippen LogP contribution in [0.4, 0.5) is 4.79 Å². The standard InChI is InChI=1S/C18H26N2O2/c1-17(8-4-6-14-5-2-3-7-15(14)17)11-19-16(22)20-12-18(13-21)9-10-18/h2-3,5,7,21H,4,6,8-13H2,1H3,(H2,19,20,22). The molecule has 1 unspecified atom stereocenters. The molecule has 0 aliphatic heterocycles. The van der Waals surface area contributed by atoms with Gasteiger partial charge in [0.2, 0.25) is 0 Å². The zero-order valence-corrected chi connectivity index (χ0v) is 13.3. The molecule has 1 aromatic rings. The van der Waals surface area contributed by atoms with Crippen molar-refractivity contribution in [2.24, 2.45) is 5.41 Å². The number of aliphatic hydroxyl groups excluding tert-OH is 1. The molecule has 0 spiro atoms. The van der Waals surface area contributed by atoms with E-state index in [1.807, 2.05) is 0 Å². The second kappa shape index (κ2) is 5.92. The minimum atomic E-state index is -0.121. The van der Waals surface area contributed by atoms with Crippen LogP contribution in [0.1, 0.15) is 43.7 Å². The van der Waals surface area contributed by atoms with E-state index in [0.29, 0.717) is 13.1 Å². The van der Waals surface area contributed by atoms with Gasteiger partial charge in [-0.3, -0.25) is 0 Å². The molecule has 22 heavy (non-hydrogen) atoms. The molecule has 1 saturated carbocycles. The van der Waals surface area contributed by atoms with Crippen LogP contribution in [0.3, 0.4) is 0 Å². The largest absolute Gasteiger partial charge is 0.396 e. The normalized spacial score (nSPS) is 25.2. The Labute approximate surface area is 132 Å². The summed E-state index contributed by atoms with van der Waals surface area (Å²) in [5.74, 6) is 0. The third-order valence-corrected chi connectivity index (χ3v) is 5.40. The van der Waals surface area contributed by atoms with Crippen molar-refractivity contribution in [1.29, 1.82) is 0 Å². The van der Waals surface area contributed by atoms with E-state index in [9.17, 15) is 9.90 Å². The molecule has 1 aromatic carbocycles. The van der Waals surface area contributed by atoms with Crippen LogP contribution in [0.5, 0.6) is 0 Å². The van der Waals surface area contributed by atoms with Crippen LogP contribution in [0.15, 0.2) is 24.3 Å². The van der Waals surface area contributed by atoms with Crippen molar-refractivity contribution in [3.05, 3.63) is 35.4 Å². The van der Waals surface area contributed by atoms with Crippen molar-refractivity contribution < 1.29 is 9.90 Å². The minimum Gasteiger partial charge on any atom is -0.396 e. The lowest BCUT2D eigenvalue weighted by Gasteiger charge is -2.36. The van der Waals surface area contributed by atoms with Gasteiger partial charge in [0.15, 0.2) is 0 Å². The lowest BCUT2D eigenvalue weighted by molar-refractivity contribution is 0.202. The number of urea groups is 1. The summed E-state index contributed by atoms with van der Waals surface area (Å²) < 4.78 is 0. The molecule has 1 fully saturated rings. The summed E-state index contributed by atoms with van der Waals surface area (Å²) in [7, 11) is 0. The average Bonchev–Trinajstić information content (AvgIpc) is 3.32. The van der Waals surface area contributed by atoms with Crippen molar-refractivity contribution in [3.63, 3.8) is 0 Å². The van der Waals surface area contributed by atoms with Gasteiger partial charge < -0.3 is 15.7 Å². The predicted molar refractivity (Wildman–Crippen MR) is 86.9 cm³/mol. The van der Waals surface area contributed by atoms with Crippen LogP contribution < -0.4 is 10.6 Å². The second-order valence-electron chi connectivity index (χ2n) is 7.27. The summed E-state index contributed by atoms with van der Waals surface area (Å²) in [6, 6.07) is 8.45. The Morgan fingerprint density at radius 2 is 1.91 bits per heavy atom. The van der Waals surface area contributed by atoms with E-state index >= 15 is 0 Å². The highest BCUT2D eigenvalue weighted by Gasteiger charge is 2.42. The van der Waals surface area contributed by atoms with Gasteiger partial charge in [-0.15, -0.1) is 0 Å². The molecule has 0 saturated heterocycles. The second-order valence-corrected chi connectivity index (χ2v) is 7.27. The maximum Gasteiger partial charge on any atom is 0.314 e. The van der Waals surface area contributed by atoms with Gasteiger partial charge in [-0.1, -0.05) is 31.2 Å². The Bertz CT molecular complexity index is 554. The van der Waals surface area contributed by atoms with Gasteiger partial charge in [-0.25, -0.2) is 4.79 Å². The highest BCUT2D eigenvalue weighted by Crippen LogP contribution is 2.44. The Morgan fingerprint density at radius 1 is 1.18 bits per heavy atom. The zero-order valence-electron chi connectivity index (χ0n) is 13.3. The van der Waals surface area contributed by atoms with E-state index < -0.39 is 0 Å². The SMILES string of the molecule is CC1(CNC(=O)NCC2(CO)CC2)CCCc2ccccc21. The third-order valence-electron chi connectivity index (χ3n) is 5.40. The molecule has 3 rings (SSSR count). The smallest absolute Gasteiger partial charge is 0.314 e. The van der Waals surface area contributed by atoms with Gasteiger partial charge in [0.25, 0.3) is 0 Å². The monoisotopic (exact) mass is 302 g/mol. The molecule has 0 bridgehead atoms. The Balaban J connectivity index is 1.56. The number of hydrogen-bond acceptors (Lipinski definition) is 2. The summed E-state index contributed by atoms with van der Waals surface area (Å²) in [4.78, 5) is 12.0. The maximum absolute atomic E-state index is 12.0. The molecule has 2 aliphatic carbocycles. The molecule has 2 aliphatic rings. The van der Waals surface area contributed by atoms with Gasteiger partial charge in [0.1, 0.15) is 0 Å². The first-order chi connectivity index (χ1) is 10.6. The van der Waals surface area contributed by atoms with Gasteiger partial charge in [0, 0.05) is 23.9 Å². The first-order valence-electron chi connectivity index (χ1n) is 8.28. The maximum atomic E-state index is 12.0. The summed E-state index contributed by atoms with van der Waals surface area (Å²) >= 11 is 0. The van der Waals surface area contributed by atoms with Crippen molar-refractivity contribution in [2.45, 2.75) is 44.4 Å². The number of nitrogens with one attached hydrogen (secondary N) is 2. The number of rotatable bonds is 5. The summed E-state index contributed by atoms with van der Waals surface area (Å²) in [5.41, 5.74) is 2.75. The van der Waals surface area contributed by atoms with Gasteiger partial charge in [-0.2, -0.15) is 0 Å². The zero-order chi connectivity index (χ0) is 15.6. The molecule has 2 amide bonds. The molecule has 0 radical (unpaired) electrons. The summed E-state index contributed by atoms with van der Waals surface area (Å²) in [6.45, 7) is 3.63. The number of aryl methyl sites for hydroxylation is 1. The number of carbonyl (C=O) groups excluding carboxylic acids is 1. The first kappa shape index (κ1) is 15.3. The van der Waals surface area contributed by atoms with E-state index in [4.69, 9.17) is 0 Å². The molecular formula is C18H26N2O2. The van der Waals surface area contributed by atoms with Gasteiger partial charge in [-0.05, 0) is 43.2 Å². The van der Waals surface area contributed by atoms with Gasteiger partial charge >= 0.3 is 6.03 Å². The van der Waals surface area contributed by atoms with Crippen molar-refractivity contribution in [1.82, 2.24) is 10.6 Å². The van der Waals surface area contributed by atoms with Crippen LogP contribution in [0, 0.1) is 5.41 Å². The molecule has 0 heterocycles. The van der Waals surface area contributed by atoms with Crippen LogP contribution in [0.2, 0.25) is 0 Å². The fourth-order valence-corrected chi connectivity index (χ4v) is 3.49. The number of hydrogen-bond donors (Lipinski definition) is 3. The van der Waals surface area contributed by atoms with E-state index in [0.717, 1.165) is 25.7 Å². The minimum absolute atomic E-state index is 0.0143. The third kappa shape index (κ3) is 3.12. The van der Waals surface area contributed by atoms with E-state index in [2.05, 4.69) is 41.8 Å². The number of fused-ring (bicyclic) bond motifs is 1. The molecule has 120 valence electrons. The van der Waals surface area contributed by atoms with Gasteiger partial charge in [0.05, 0.1) is 6.61 Å². The molecule has 4 nitrogen and oxygen atoms in total. The van der Waals surface area contributed by atoms with Crippen LogP contribution in [-0.4, -0.2) is 30.8 Å². The molecule has 3 N–H and O–H groups in total. The van der Waals surface area contributed by atoms with Crippen LogP contribution in [0.25, 0.3) is 0 Å². The predicted octanol–water partition coefficient (Wildman–Crippen LogP) is 2.35. The van der Waals surface area contributed by atoms with Crippen molar-refractivity contribution in [2.75, 3.05) is 19.7 Å². The summed E-state index contributed by atoms with van der Waals surface area (Å²) in [5, 5.41) is 15.2. The molecule has 0 aromatic heterocycles. The molecule has 1 atom stereocenters. The quantitative estimate of drug-likeness (QED) is 0.782. The fraction of sp³-hybridized carbons (Fsp3) is 0.611. The Kier molecular flexibility index (Phi) is 4.13. The van der Waals surface area contributed by atoms with Crippen molar-refractivity contribution >= 4 is 6.03 Å². The Hall–Kier alpha value is -1.55. The van der Waals surface area contributed by atoms with E-state index in [1.165, 1.54) is 17.5 Å². The number of benzene rings is 1. The number of carbonyl (C=O) groups is 1. The molecule has 4 heteroatoms. The average molecular weight is 302 g/mol. The number of aliphatic hydroxyl groups is 1. The van der Waals surface area contributed by atoms with Crippen molar-refractivity contribution in [3.8, 4) is 0 Å². The first-order valence-corrected chi connectivity index (χ1v) is 8.28. The summed E-state index contributed by atoms with van der Waals surface area (Å²) in [6.07, 6.45) is 5.43. The number of amides is 2. The van der Waals surface area contributed by atoms with Crippen LogP contribution >= 0.6 is 0 Å². The topological polar surface area (TPSA) is 61.4 Å². The lowest BCUT2D eigenvalue weighted by atomic mass is 9.71. The van der Waals surface area contributed by atoms with E-state index in [-0.39, 0.29) is 23.5 Å². The van der Waals surface area contributed by atoms with E-state index in [1.54, 1.807) is 0 Å². The highest BCUT2D eigenvalue weighted by atomic mass is 16.3.